The Labute approximate surface area is 117 Å². The third kappa shape index (κ3) is 5.47. The summed E-state index contributed by atoms with van der Waals surface area (Å²) in [4.78, 5) is 0. The number of para-hydroxylation sites is 1. The zero-order chi connectivity index (χ0) is 14.7. The highest BCUT2D eigenvalue weighted by atomic mass is 16.5. The SMILES string of the molecule is C=C/C(=C\C=C(/C)c1ccccc1OC)OC.CC. The van der Waals surface area contributed by atoms with Crippen molar-refractivity contribution in [1.29, 1.82) is 0 Å². The van der Waals surface area contributed by atoms with Crippen molar-refractivity contribution < 1.29 is 9.47 Å². The summed E-state index contributed by atoms with van der Waals surface area (Å²) in [5.74, 6) is 1.60. The van der Waals surface area contributed by atoms with Crippen LogP contribution in [0.2, 0.25) is 0 Å². The summed E-state index contributed by atoms with van der Waals surface area (Å²) in [6.07, 6.45) is 5.54. The molecule has 1 aromatic rings. The summed E-state index contributed by atoms with van der Waals surface area (Å²) in [6.45, 7) is 9.70. The molecule has 2 nitrogen and oxygen atoms in total. The summed E-state index contributed by atoms with van der Waals surface area (Å²) in [5, 5.41) is 0. The van der Waals surface area contributed by atoms with E-state index in [2.05, 4.69) is 6.58 Å². The second-order valence-electron chi connectivity index (χ2n) is 3.53. The van der Waals surface area contributed by atoms with Crippen molar-refractivity contribution in [2.45, 2.75) is 20.8 Å². The van der Waals surface area contributed by atoms with Crippen LogP contribution in [0.5, 0.6) is 5.75 Å². The van der Waals surface area contributed by atoms with E-state index in [0.717, 1.165) is 22.6 Å². The summed E-state index contributed by atoms with van der Waals surface area (Å²) in [5.41, 5.74) is 2.18. The van der Waals surface area contributed by atoms with Gasteiger partial charge in [0.05, 0.1) is 14.2 Å². The smallest absolute Gasteiger partial charge is 0.126 e. The van der Waals surface area contributed by atoms with Gasteiger partial charge in [-0.15, -0.1) is 0 Å². The van der Waals surface area contributed by atoms with Crippen molar-refractivity contribution in [3.8, 4) is 5.75 Å². The maximum absolute atomic E-state index is 5.31. The van der Waals surface area contributed by atoms with Crippen molar-refractivity contribution in [1.82, 2.24) is 0 Å². The molecule has 0 unspecified atom stereocenters. The van der Waals surface area contributed by atoms with E-state index in [1.807, 2.05) is 57.2 Å². The van der Waals surface area contributed by atoms with Gasteiger partial charge in [-0.3, -0.25) is 0 Å². The number of hydrogen-bond donors (Lipinski definition) is 0. The van der Waals surface area contributed by atoms with Gasteiger partial charge in [0.25, 0.3) is 0 Å². The molecule has 0 aliphatic heterocycles. The zero-order valence-corrected chi connectivity index (χ0v) is 12.6. The van der Waals surface area contributed by atoms with Crippen molar-refractivity contribution in [3.63, 3.8) is 0 Å². The first-order chi connectivity index (χ1) is 9.22. The molecule has 0 aliphatic rings. The van der Waals surface area contributed by atoms with Crippen LogP contribution in [0.1, 0.15) is 26.3 Å². The molecular weight excluding hydrogens is 236 g/mol. The Morgan fingerprint density at radius 3 is 2.26 bits per heavy atom. The number of benzene rings is 1. The Morgan fingerprint density at radius 1 is 1.11 bits per heavy atom. The molecule has 2 heteroatoms. The summed E-state index contributed by atoms with van der Waals surface area (Å²) in [6, 6.07) is 7.92. The Hall–Kier alpha value is -1.96. The van der Waals surface area contributed by atoms with Gasteiger partial charge in [-0.1, -0.05) is 44.7 Å². The van der Waals surface area contributed by atoms with Crippen LogP contribution in [0.3, 0.4) is 0 Å². The van der Waals surface area contributed by atoms with E-state index < -0.39 is 0 Å². The van der Waals surface area contributed by atoms with E-state index in [4.69, 9.17) is 9.47 Å². The van der Waals surface area contributed by atoms with Gasteiger partial charge in [0.1, 0.15) is 11.5 Å². The first-order valence-corrected chi connectivity index (χ1v) is 6.41. The molecule has 0 aliphatic carbocycles. The molecule has 19 heavy (non-hydrogen) atoms. The van der Waals surface area contributed by atoms with Gasteiger partial charge < -0.3 is 9.47 Å². The highest BCUT2D eigenvalue weighted by Crippen LogP contribution is 2.25. The lowest BCUT2D eigenvalue weighted by molar-refractivity contribution is 0.307. The summed E-state index contributed by atoms with van der Waals surface area (Å²) in [7, 11) is 3.30. The van der Waals surface area contributed by atoms with Crippen LogP contribution in [-0.4, -0.2) is 14.2 Å². The summed E-state index contributed by atoms with van der Waals surface area (Å²) < 4.78 is 10.4. The molecule has 0 bridgehead atoms. The Bertz CT molecular complexity index is 442. The van der Waals surface area contributed by atoms with E-state index in [1.54, 1.807) is 20.3 Å². The second-order valence-corrected chi connectivity index (χ2v) is 3.53. The maximum Gasteiger partial charge on any atom is 0.126 e. The molecule has 0 aromatic heterocycles. The lowest BCUT2D eigenvalue weighted by Crippen LogP contribution is -1.89. The lowest BCUT2D eigenvalue weighted by Gasteiger charge is -2.07. The molecule has 1 aromatic carbocycles. The topological polar surface area (TPSA) is 18.5 Å². The van der Waals surface area contributed by atoms with Gasteiger partial charge in [-0.05, 0) is 30.7 Å². The molecule has 0 saturated carbocycles. The molecule has 1 rings (SSSR count). The fourth-order valence-electron chi connectivity index (χ4n) is 1.49. The van der Waals surface area contributed by atoms with Gasteiger partial charge in [0, 0.05) is 5.56 Å². The minimum absolute atomic E-state index is 0.735. The monoisotopic (exact) mass is 260 g/mol. The van der Waals surface area contributed by atoms with Gasteiger partial charge in [-0.2, -0.15) is 0 Å². The molecule has 0 atom stereocenters. The van der Waals surface area contributed by atoms with Crippen LogP contribution in [-0.2, 0) is 4.74 Å². The average molecular weight is 260 g/mol. The largest absolute Gasteiger partial charge is 0.497 e. The highest BCUT2D eigenvalue weighted by Gasteiger charge is 2.02. The van der Waals surface area contributed by atoms with Crippen LogP contribution in [0, 0.1) is 0 Å². The third-order valence-electron chi connectivity index (χ3n) is 2.47. The molecule has 0 radical (unpaired) electrons. The Balaban J connectivity index is 0.00000154. The molecule has 0 amide bonds. The van der Waals surface area contributed by atoms with Crippen LogP contribution in [0.25, 0.3) is 5.57 Å². The normalized spacial score (nSPS) is 11.2. The Kier molecular flexibility index (Phi) is 8.98. The molecule has 0 saturated heterocycles. The highest BCUT2D eigenvalue weighted by molar-refractivity contribution is 5.70. The van der Waals surface area contributed by atoms with Crippen molar-refractivity contribution in [2.75, 3.05) is 14.2 Å². The first-order valence-electron chi connectivity index (χ1n) is 6.41. The van der Waals surface area contributed by atoms with Crippen molar-refractivity contribution in [3.05, 3.63) is 60.4 Å². The first kappa shape index (κ1) is 17.0. The van der Waals surface area contributed by atoms with E-state index in [9.17, 15) is 0 Å². The predicted molar refractivity (Wildman–Crippen MR) is 83.3 cm³/mol. The minimum atomic E-state index is 0.735. The number of ether oxygens (including phenoxy) is 2. The third-order valence-corrected chi connectivity index (χ3v) is 2.47. The average Bonchev–Trinajstić information content (AvgIpc) is 2.50. The molecule has 0 fully saturated rings. The lowest BCUT2D eigenvalue weighted by atomic mass is 10.1. The van der Waals surface area contributed by atoms with Crippen LogP contribution >= 0.6 is 0 Å². The van der Waals surface area contributed by atoms with Gasteiger partial charge in [-0.25, -0.2) is 0 Å². The van der Waals surface area contributed by atoms with Gasteiger partial charge in [0.15, 0.2) is 0 Å². The fourth-order valence-corrected chi connectivity index (χ4v) is 1.49. The molecule has 104 valence electrons. The zero-order valence-electron chi connectivity index (χ0n) is 12.6. The molecule has 0 N–H and O–H groups in total. The van der Waals surface area contributed by atoms with E-state index in [1.165, 1.54) is 0 Å². The number of hydrogen-bond acceptors (Lipinski definition) is 2. The maximum atomic E-state index is 5.31. The predicted octanol–water partition coefficient (Wildman–Crippen LogP) is 4.84. The number of methoxy groups -OCH3 is 2. The number of rotatable bonds is 5. The standard InChI is InChI=1S/C15H18O2.C2H6/c1-5-13(16-3)11-10-12(2)14-8-6-7-9-15(14)17-4;1-2/h5-11H,1H2,2-4H3;1-2H3/b12-10+,13-11+;. The van der Waals surface area contributed by atoms with Gasteiger partial charge in [0.2, 0.25) is 0 Å². The van der Waals surface area contributed by atoms with Crippen LogP contribution in [0.15, 0.2) is 54.8 Å². The van der Waals surface area contributed by atoms with E-state index in [0.29, 0.717) is 0 Å². The molecular formula is C17H24O2. The second kappa shape index (κ2) is 10.0. The van der Waals surface area contributed by atoms with Crippen molar-refractivity contribution in [2.24, 2.45) is 0 Å². The number of allylic oxidation sites excluding steroid dienone is 4. The van der Waals surface area contributed by atoms with Crippen molar-refractivity contribution >= 4 is 5.57 Å². The molecule has 0 spiro atoms. The van der Waals surface area contributed by atoms with E-state index in [-0.39, 0.29) is 0 Å². The van der Waals surface area contributed by atoms with Gasteiger partial charge >= 0.3 is 0 Å². The fraction of sp³-hybridized carbons (Fsp3) is 0.294. The Morgan fingerprint density at radius 2 is 1.74 bits per heavy atom. The summed E-state index contributed by atoms with van der Waals surface area (Å²) >= 11 is 0. The van der Waals surface area contributed by atoms with Crippen LogP contribution in [0.4, 0.5) is 0 Å². The molecule has 0 heterocycles. The minimum Gasteiger partial charge on any atom is -0.497 e. The quantitative estimate of drug-likeness (QED) is 0.557. The van der Waals surface area contributed by atoms with E-state index >= 15 is 0 Å². The van der Waals surface area contributed by atoms with Crippen LogP contribution < -0.4 is 4.74 Å².